The number of hydrogen-bond donors (Lipinski definition) is 4. The number of aldehydes is 1. The van der Waals surface area contributed by atoms with E-state index >= 15 is 0 Å². The third-order valence-electron chi connectivity index (χ3n) is 16.8. The van der Waals surface area contributed by atoms with Crippen molar-refractivity contribution in [2.45, 2.75) is 183 Å². The molecule has 50 heteroatoms. The average molecular weight is 2270 g/mol. The molecule has 1 aliphatic heterocycles. The van der Waals surface area contributed by atoms with Crippen molar-refractivity contribution >= 4 is 172 Å². The van der Waals surface area contributed by atoms with Crippen LogP contribution in [0.1, 0.15) is 172 Å². The van der Waals surface area contributed by atoms with E-state index in [1.807, 2.05) is 133 Å². The molecule has 0 bridgehead atoms. The number of aromatic hydroxyl groups is 2. The molecule has 0 aliphatic carbocycles. The fourth-order valence-corrected chi connectivity index (χ4v) is 15.0. The molecule has 8 heterocycles. The molecule has 0 radical (unpaired) electrons. The molecular weight excluding hydrogens is 2170 g/mol. The Balaban J connectivity index is 0.000000792. The summed E-state index contributed by atoms with van der Waals surface area (Å²) in [5.41, 5.74) is -13.3. The normalized spacial score (nSPS) is 12.1. The summed E-state index contributed by atoms with van der Waals surface area (Å²) in [7, 11) is -19.6. The first kappa shape index (κ1) is 129. The van der Waals surface area contributed by atoms with E-state index in [1.54, 1.807) is 160 Å². The fourth-order valence-electron chi connectivity index (χ4n) is 9.02. The second kappa shape index (κ2) is 64.6. The molecule has 0 amide bonds. The Labute approximate surface area is 856 Å². The number of benzene rings is 4. The van der Waals surface area contributed by atoms with Gasteiger partial charge in [0.2, 0.25) is 0 Å². The maximum absolute atomic E-state index is 12.3. The number of aryl methyl sites for hydroxylation is 1. The number of phenolic OH excluding ortho intramolecular Hbond substituents is 2. The number of nitrogens with zero attached hydrogens (tertiary/aromatic N) is 7. The van der Waals surface area contributed by atoms with E-state index in [9.17, 15) is 99.0 Å². The van der Waals surface area contributed by atoms with Crippen molar-refractivity contribution in [3.8, 4) is 17.2 Å². The second-order valence-electron chi connectivity index (χ2n) is 27.7. The van der Waals surface area contributed by atoms with E-state index < -0.39 is 72.7 Å². The van der Waals surface area contributed by atoms with Crippen molar-refractivity contribution < 1.29 is 147 Å². The third-order valence-corrected chi connectivity index (χ3v) is 25.3. The number of aromatic nitrogens is 7. The predicted octanol–water partition coefficient (Wildman–Crippen LogP) is 24.9. The number of hydrogen-bond acceptors (Lipinski definition) is 32. The molecule has 4 aromatic carbocycles. The standard InChI is InChI=1S/C16H15NOS.C15H12F3NO4S2.C14H13NO2S.C8H15BO2.C8H10ClNO.C8H8ClNO.C6H6BrN.C6H6OS.C5H4ClN.C3H6O.C2F6O5S2.Cr.3O/c1-3-12-5-7-13(8-6-12)19-16-9-10-17-11-14(16)15(18)4-2;1-2-13(20)12-9-19-8-7-14(12)24-11-5-3-10(4-6-11)23-25(21,22)15(16,17)18;1-2-13(17)12-9-15-8-7-14(12)18-11-5-3-10(16)4-6-11;1-6-9-10-7(2,3)8(4,5)11-9;2*1-2-8(11)6-5-10-4-3-7(6)9;1-5-4-6(7)2-3-8-5;7-5-1-3-6(8)4-2-5;6-5-1-3-7-4-2-5;1-2-3-4;3-1(4,5)14(9,10)13-15(11,12)2(6,7)8;;;;/h3,5-11H,1,4H2,2H3;3-9H,2H2,1H3;3-9,16H,2H2,1H3;6H,1H2,2-5H3;3-5,8,11H,2H2,1H3;3-5H,2H2,1H3;2-4H,1H3;1-4,7-8H;1-4H;3H,2H2,1H3;;;;;. The van der Waals surface area contributed by atoms with Gasteiger partial charge in [0.1, 0.15) is 23.5 Å². The van der Waals surface area contributed by atoms with Gasteiger partial charge in [0.25, 0.3) is 0 Å². The van der Waals surface area contributed by atoms with E-state index in [4.69, 9.17) is 60.6 Å². The number of Topliss-reactive ketones (excluding diaryl/α,β-unsaturated/α-hetero) is 4. The molecule has 1 fully saturated rings. The molecule has 1 saturated heterocycles. The zero-order chi connectivity index (χ0) is 107. The minimum absolute atomic E-state index is 0.0306. The van der Waals surface area contributed by atoms with Gasteiger partial charge in [-0.25, -0.2) is 0 Å². The van der Waals surface area contributed by atoms with Crippen LogP contribution >= 0.6 is 98.6 Å². The van der Waals surface area contributed by atoms with Crippen molar-refractivity contribution in [2.75, 3.05) is 0 Å². The summed E-state index contributed by atoms with van der Waals surface area (Å²) in [6, 6.07) is 42.7. The predicted molar refractivity (Wildman–Crippen MR) is 521 cm³/mol. The summed E-state index contributed by atoms with van der Waals surface area (Å²) in [6.07, 6.45) is 26.2. The molecule has 7 aromatic heterocycles. The summed E-state index contributed by atoms with van der Waals surface area (Å²) < 4.78 is 211. The molecule has 1 atom stereocenters. The van der Waals surface area contributed by atoms with Crippen molar-refractivity contribution in [3.05, 3.63) is 310 Å². The molecule has 11 aromatic rings. The molecule has 1 unspecified atom stereocenters. The summed E-state index contributed by atoms with van der Waals surface area (Å²) in [6.45, 7) is 28.3. The van der Waals surface area contributed by atoms with Crippen LogP contribution in [0.3, 0.4) is 0 Å². The van der Waals surface area contributed by atoms with E-state index in [2.05, 4.69) is 80.8 Å². The topological polar surface area (TPSA) is 427 Å². The van der Waals surface area contributed by atoms with Crippen LogP contribution in [-0.2, 0) is 73.4 Å². The number of aliphatic hydroxyl groups is 1. The first-order chi connectivity index (χ1) is 65.8. The Kier molecular flexibility index (Phi) is 59.1. The number of aliphatic hydroxyl groups excluding tert-OH is 1. The van der Waals surface area contributed by atoms with Crippen molar-refractivity contribution in [1.29, 1.82) is 0 Å². The second-order valence-corrected chi connectivity index (χ2v) is 39.2. The summed E-state index contributed by atoms with van der Waals surface area (Å²) in [5.74, 6) is 1.89. The number of thiol groups is 1. The fraction of sp³-hybridized carbons (Fsp3) is 0.253. The molecule has 0 saturated carbocycles. The van der Waals surface area contributed by atoms with Crippen LogP contribution < -0.4 is 4.18 Å². The van der Waals surface area contributed by atoms with Crippen molar-refractivity contribution in [3.63, 3.8) is 0 Å². The Morgan fingerprint density at radius 2 is 0.844 bits per heavy atom. The number of phenols is 2. The number of carbonyl (C=O) groups excluding carboxylic acids is 5. The Bertz CT molecular complexity index is 6190. The number of alkyl halides is 9. The molecule has 762 valence electrons. The van der Waals surface area contributed by atoms with Crippen LogP contribution in [0.15, 0.2) is 290 Å². The van der Waals surface area contributed by atoms with E-state index in [-0.39, 0.29) is 53.0 Å². The summed E-state index contributed by atoms with van der Waals surface area (Å²) in [4.78, 5) is 89.2. The van der Waals surface area contributed by atoms with Gasteiger partial charge in [-0.3, -0.25) is 54.1 Å². The van der Waals surface area contributed by atoms with Crippen LogP contribution in [0, 0.1) is 6.92 Å². The van der Waals surface area contributed by atoms with Crippen molar-refractivity contribution in [2.24, 2.45) is 0 Å². The molecule has 141 heavy (non-hydrogen) atoms. The SMILES string of the molecule is C=CB1OC(C)(C)C(C)(C)O1.C=Cc1ccc(Sc2ccncc2C(=O)CC)cc1.CCC(=O)c1cnccc1Cl.CCC(=O)c1cnccc1Sc1ccc(O)cc1.CCC(=O)c1cnccc1Sc1ccc(OS(=O)(=O)C(F)(F)F)cc1.CCC(O)c1cnccc1Cl.CCC=O.Cc1cc(Br)ccn1.Clc1ccncc1.O=S(=O)(OS(=O)(=O)C(F)(F)F)C(F)(F)F.Oc1ccc(S)cc1.[O]=[Cr](=[O])=[O]. The Morgan fingerprint density at radius 1 is 0.511 bits per heavy atom. The van der Waals surface area contributed by atoms with Gasteiger partial charge < -0.3 is 33.6 Å². The monoisotopic (exact) mass is 2260 g/mol. The molecule has 28 nitrogen and oxygen atoms in total. The molecule has 0 spiro atoms. The summed E-state index contributed by atoms with van der Waals surface area (Å²) >= 11 is 24.9. The molecule has 1 aliphatic rings. The van der Waals surface area contributed by atoms with Gasteiger partial charge in [-0.2, -0.15) is 64.8 Å². The summed E-state index contributed by atoms with van der Waals surface area (Å²) in [5, 5.41) is 29.1. The van der Waals surface area contributed by atoms with E-state index in [0.29, 0.717) is 86.2 Å². The quantitative estimate of drug-likeness (QED) is 0.00879. The van der Waals surface area contributed by atoms with Crippen LogP contribution in [0.5, 0.6) is 17.2 Å². The van der Waals surface area contributed by atoms with Gasteiger partial charge >= 0.3 is 79.4 Å². The van der Waals surface area contributed by atoms with Gasteiger partial charge in [-0.05, 0) is 186 Å². The van der Waals surface area contributed by atoms with Gasteiger partial charge in [-0.15, -0.1) is 22.8 Å². The third kappa shape index (κ3) is 49.7. The number of halogens is 13. The van der Waals surface area contributed by atoms with Crippen LogP contribution in [0.2, 0.25) is 15.1 Å². The number of carbonyl (C=O) groups is 5. The average Bonchev–Trinajstić information content (AvgIpc) is 1.73. The van der Waals surface area contributed by atoms with Gasteiger partial charge in [0, 0.05) is 189 Å². The van der Waals surface area contributed by atoms with Crippen LogP contribution in [0.25, 0.3) is 6.08 Å². The van der Waals surface area contributed by atoms with Crippen LogP contribution in [-0.4, -0.2) is 140 Å². The van der Waals surface area contributed by atoms with E-state index in [0.717, 1.165) is 63.6 Å². The van der Waals surface area contributed by atoms with E-state index in [1.165, 1.54) is 54.2 Å². The van der Waals surface area contributed by atoms with Crippen LogP contribution in [0.4, 0.5) is 39.5 Å². The zero-order valence-corrected chi connectivity index (χ0v) is 87.4. The molecule has 12 rings (SSSR count). The van der Waals surface area contributed by atoms with Gasteiger partial charge in [-0.1, -0.05) is 158 Å². The minimum atomic E-state index is -6.85. The first-order valence-electron chi connectivity index (χ1n) is 40.4. The zero-order valence-electron chi connectivity index (χ0n) is 76.5. The Morgan fingerprint density at radius 3 is 1.13 bits per heavy atom. The maximum atomic E-state index is 12.3. The number of pyridine rings is 7. The number of rotatable bonds is 23. The van der Waals surface area contributed by atoms with Gasteiger partial charge in [0.15, 0.2) is 23.1 Å². The van der Waals surface area contributed by atoms with Crippen molar-refractivity contribution in [1.82, 2.24) is 34.9 Å². The van der Waals surface area contributed by atoms with Gasteiger partial charge in [0.05, 0.1) is 27.9 Å². The number of ketones is 4. The Hall–Kier alpha value is -10.0. The molecular formula is C91H95BBrCl3CrF9N7O21S7. The molecule has 3 N–H and O–H groups in total. The first-order valence-corrected chi connectivity index (χ1v) is 51.0.